The van der Waals surface area contributed by atoms with Crippen LogP contribution in [0.2, 0.25) is 10.0 Å². The zero-order valence-corrected chi connectivity index (χ0v) is 17.0. The summed E-state index contributed by atoms with van der Waals surface area (Å²) in [6, 6.07) is 2.92. The van der Waals surface area contributed by atoms with Crippen molar-refractivity contribution in [3.8, 4) is 11.5 Å². The van der Waals surface area contributed by atoms with Crippen LogP contribution in [0.3, 0.4) is 0 Å². The summed E-state index contributed by atoms with van der Waals surface area (Å²) >= 11 is 12.2. The molecule has 0 saturated carbocycles. The maximum atomic E-state index is 11.7. The first-order chi connectivity index (χ1) is 12.2. The third kappa shape index (κ3) is 8.63. The van der Waals surface area contributed by atoms with Crippen molar-refractivity contribution in [1.82, 2.24) is 10.6 Å². The zero-order chi connectivity index (χ0) is 19.7. The smallest absolute Gasteiger partial charge is 0.257 e. The quantitative estimate of drug-likeness (QED) is 0.626. The van der Waals surface area contributed by atoms with Crippen LogP contribution in [0.5, 0.6) is 11.5 Å². The lowest BCUT2D eigenvalue weighted by molar-refractivity contribution is -0.123. The highest BCUT2D eigenvalue weighted by atomic mass is 35.5. The summed E-state index contributed by atoms with van der Waals surface area (Å²) in [6.45, 7) is 8.77. The summed E-state index contributed by atoms with van der Waals surface area (Å²) in [7, 11) is 0. The fraction of sp³-hybridized carbons (Fsp3) is 0.556. The number of hydrogen-bond donors (Lipinski definition) is 2. The van der Waals surface area contributed by atoms with Gasteiger partial charge in [0.15, 0.2) is 13.2 Å². The number of carbonyl (C=O) groups excluding carboxylic acids is 2. The van der Waals surface area contributed by atoms with Crippen LogP contribution in [0.1, 0.15) is 27.7 Å². The van der Waals surface area contributed by atoms with Gasteiger partial charge >= 0.3 is 0 Å². The normalized spacial score (nSPS) is 10.8. The van der Waals surface area contributed by atoms with E-state index in [1.807, 2.05) is 27.7 Å². The van der Waals surface area contributed by atoms with E-state index in [1.165, 1.54) is 12.1 Å². The molecular weight excluding hydrogens is 379 g/mol. The molecule has 0 fully saturated rings. The molecule has 2 N–H and O–H groups in total. The zero-order valence-electron chi connectivity index (χ0n) is 15.5. The molecule has 0 unspecified atom stereocenters. The van der Waals surface area contributed by atoms with Crippen molar-refractivity contribution in [3.05, 3.63) is 22.2 Å². The first-order valence-corrected chi connectivity index (χ1v) is 9.22. The predicted molar refractivity (Wildman–Crippen MR) is 103 cm³/mol. The minimum atomic E-state index is -0.250. The van der Waals surface area contributed by atoms with Crippen LogP contribution < -0.4 is 20.1 Å². The number of ether oxygens (including phenoxy) is 2. The lowest BCUT2D eigenvalue weighted by Gasteiger charge is -2.13. The van der Waals surface area contributed by atoms with Gasteiger partial charge in [0, 0.05) is 19.2 Å². The van der Waals surface area contributed by atoms with Crippen LogP contribution in [-0.4, -0.2) is 38.1 Å². The maximum absolute atomic E-state index is 11.7. The standard InChI is InChI=1S/C18H26Cl2N2O4/c1-11(2)7-21-17(23)9-25-15-6-16(14(20)5-13(15)19)26-10-18(24)22-8-12(3)4/h5-6,11-12H,7-10H2,1-4H3,(H,21,23)(H,22,24). The van der Waals surface area contributed by atoms with E-state index in [1.54, 1.807) is 0 Å². The van der Waals surface area contributed by atoms with Crippen molar-refractivity contribution in [2.24, 2.45) is 11.8 Å². The minimum absolute atomic E-state index is 0.178. The first kappa shape index (κ1) is 22.4. The van der Waals surface area contributed by atoms with Crippen molar-refractivity contribution < 1.29 is 19.1 Å². The van der Waals surface area contributed by atoms with Crippen molar-refractivity contribution in [1.29, 1.82) is 0 Å². The summed E-state index contributed by atoms with van der Waals surface area (Å²) < 4.78 is 10.9. The van der Waals surface area contributed by atoms with Crippen molar-refractivity contribution in [2.45, 2.75) is 27.7 Å². The van der Waals surface area contributed by atoms with E-state index in [0.29, 0.717) is 24.9 Å². The highest BCUT2D eigenvalue weighted by Crippen LogP contribution is 2.35. The topological polar surface area (TPSA) is 76.7 Å². The van der Waals surface area contributed by atoms with Gasteiger partial charge in [0.1, 0.15) is 11.5 Å². The van der Waals surface area contributed by atoms with Gasteiger partial charge in [-0.15, -0.1) is 0 Å². The second-order valence-electron chi connectivity index (χ2n) is 6.69. The molecule has 0 heterocycles. The molecule has 0 radical (unpaired) electrons. The van der Waals surface area contributed by atoms with Crippen LogP contribution >= 0.6 is 23.2 Å². The van der Waals surface area contributed by atoms with E-state index >= 15 is 0 Å². The molecule has 6 nitrogen and oxygen atoms in total. The van der Waals surface area contributed by atoms with Crippen LogP contribution in [0.4, 0.5) is 0 Å². The van der Waals surface area contributed by atoms with Gasteiger partial charge in [0.05, 0.1) is 10.0 Å². The van der Waals surface area contributed by atoms with E-state index in [4.69, 9.17) is 32.7 Å². The van der Waals surface area contributed by atoms with E-state index in [2.05, 4.69) is 10.6 Å². The SMILES string of the molecule is CC(C)CNC(=O)COc1cc(OCC(=O)NCC(C)C)c(Cl)cc1Cl. The summed E-state index contributed by atoms with van der Waals surface area (Å²) in [5.41, 5.74) is 0. The molecule has 0 aliphatic rings. The Labute approximate surface area is 164 Å². The number of hydrogen-bond acceptors (Lipinski definition) is 4. The van der Waals surface area contributed by atoms with Gasteiger partial charge in [-0.3, -0.25) is 9.59 Å². The molecule has 0 aliphatic heterocycles. The molecular formula is C18H26Cl2N2O4. The minimum Gasteiger partial charge on any atom is -0.482 e. The van der Waals surface area contributed by atoms with Crippen LogP contribution in [0.15, 0.2) is 12.1 Å². The molecule has 1 aromatic rings. The van der Waals surface area contributed by atoms with E-state index in [-0.39, 0.29) is 46.6 Å². The maximum Gasteiger partial charge on any atom is 0.257 e. The van der Waals surface area contributed by atoms with Crippen molar-refractivity contribution in [2.75, 3.05) is 26.3 Å². The first-order valence-electron chi connectivity index (χ1n) is 8.47. The number of halogens is 2. The molecule has 0 aromatic heterocycles. The average molecular weight is 405 g/mol. The van der Waals surface area contributed by atoms with Crippen LogP contribution in [0.25, 0.3) is 0 Å². The number of rotatable bonds is 10. The third-order valence-corrected chi connectivity index (χ3v) is 3.71. The Morgan fingerprint density at radius 2 is 1.23 bits per heavy atom. The van der Waals surface area contributed by atoms with E-state index < -0.39 is 0 Å². The molecule has 1 rings (SSSR count). The van der Waals surface area contributed by atoms with Crippen LogP contribution in [-0.2, 0) is 9.59 Å². The summed E-state index contributed by atoms with van der Waals surface area (Å²) in [4.78, 5) is 23.5. The second kappa shape index (κ2) is 11.1. The Morgan fingerprint density at radius 3 is 1.58 bits per heavy atom. The predicted octanol–water partition coefficient (Wildman–Crippen LogP) is 3.30. The van der Waals surface area contributed by atoms with Gasteiger partial charge < -0.3 is 20.1 Å². The highest BCUT2D eigenvalue weighted by molar-refractivity contribution is 6.36. The number of benzene rings is 1. The molecule has 0 saturated heterocycles. The Balaban J connectivity index is 2.62. The second-order valence-corrected chi connectivity index (χ2v) is 7.50. The van der Waals surface area contributed by atoms with Crippen molar-refractivity contribution in [3.63, 3.8) is 0 Å². The van der Waals surface area contributed by atoms with Gasteiger partial charge in [-0.2, -0.15) is 0 Å². The fourth-order valence-corrected chi connectivity index (χ4v) is 2.25. The van der Waals surface area contributed by atoms with Gasteiger partial charge in [0.2, 0.25) is 0 Å². The molecule has 2 amide bonds. The van der Waals surface area contributed by atoms with E-state index in [9.17, 15) is 9.59 Å². The Bertz CT molecular complexity index is 572. The van der Waals surface area contributed by atoms with Crippen molar-refractivity contribution >= 4 is 35.0 Å². The largest absolute Gasteiger partial charge is 0.482 e. The van der Waals surface area contributed by atoms with Gasteiger partial charge in [-0.1, -0.05) is 50.9 Å². The average Bonchev–Trinajstić information content (AvgIpc) is 2.56. The molecule has 146 valence electrons. The molecule has 0 spiro atoms. The Hall–Kier alpha value is -1.66. The van der Waals surface area contributed by atoms with Crippen LogP contribution in [0, 0.1) is 11.8 Å². The Morgan fingerprint density at radius 1 is 0.846 bits per heavy atom. The summed E-state index contributed by atoms with van der Waals surface area (Å²) in [5.74, 6) is 0.710. The molecule has 1 aromatic carbocycles. The molecule has 8 heteroatoms. The number of nitrogens with one attached hydrogen (secondary N) is 2. The molecule has 0 bridgehead atoms. The number of carbonyl (C=O) groups is 2. The van der Waals surface area contributed by atoms with E-state index in [0.717, 1.165) is 0 Å². The summed E-state index contributed by atoms with van der Waals surface area (Å²) in [5, 5.41) is 5.99. The van der Waals surface area contributed by atoms with Gasteiger partial charge in [-0.05, 0) is 17.9 Å². The highest BCUT2D eigenvalue weighted by Gasteiger charge is 2.13. The molecule has 0 atom stereocenters. The monoisotopic (exact) mass is 404 g/mol. The summed E-state index contributed by atoms with van der Waals surface area (Å²) in [6.07, 6.45) is 0. The lowest BCUT2D eigenvalue weighted by Crippen LogP contribution is -2.32. The molecule has 0 aliphatic carbocycles. The lowest BCUT2D eigenvalue weighted by atomic mass is 10.2. The van der Waals surface area contributed by atoms with Gasteiger partial charge in [-0.25, -0.2) is 0 Å². The molecule has 26 heavy (non-hydrogen) atoms. The third-order valence-electron chi connectivity index (χ3n) is 3.12. The number of amides is 2. The Kier molecular flexibility index (Phi) is 9.59. The van der Waals surface area contributed by atoms with Gasteiger partial charge in [0.25, 0.3) is 11.8 Å². The fourth-order valence-electron chi connectivity index (χ4n) is 1.76.